The predicted molar refractivity (Wildman–Crippen MR) is 150 cm³/mol. The summed E-state index contributed by atoms with van der Waals surface area (Å²) in [5.41, 5.74) is 11.8. The zero-order valence-corrected chi connectivity index (χ0v) is 23.7. The minimum atomic E-state index is -0.585. The van der Waals surface area contributed by atoms with Gasteiger partial charge in [0.1, 0.15) is 6.04 Å². The molecule has 2 saturated heterocycles. The molecule has 4 N–H and O–H groups in total. The van der Waals surface area contributed by atoms with Crippen LogP contribution < -0.4 is 17.0 Å². The van der Waals surface area contributed by atoms with E-state index in [0.29, 0.717) is 24.4 Å². The number of nitrogens with zero attached hydrogens (tertiary/aromatic N) is 4. The van der Waals surface area contributed by atoms with Crippen LogP contribution in [0.4, 0.5) is 0 Å². The van der Waals surface area contributed by atoms with E-state index in [2.05, 4.69) is 11.0 Å². The van der Waals surface area contributed by atoms with E-state index in [9.17, 15) is 19.6 Å². The molecule has 7 fully saturated rings. The number of piperidine rings is 2. The number of nitrogens with two attached hydrogens (primary N) is 2. The number of carbonyl (C=O) groups is 2. The second-order valence-electron chi connectivity index (χ2n) is 14.1. The van der Waals surface area contributed by atoms with Crippen LogP contribution in [-0.2, 0) is 9.53 Å². The van der Waals surface area contributed by atoms with Crippen molar-refractivity contribution in [3.05, 3.63) is 34.2 Å². The highest BCUT2D eigenvalue weighted by Gasteiger charge is 2.63. The van der Waals surface area contributed by atoms with Crippen LogP contribution in [0.5, 0.6) is 0 Å². The number of likely N-dealkylation sites (tertiary alicyclic amines) is 2. The van der Waals surface area contributed by atoms with Crippen molar-refractivity contribution >= 4 is 11.8 Å². The summed E-state index contributed by atoms with van der Waals surface area (Å²) in [6.45, 7) is 3.27. The topological polar surface area (TPSA) is 148 Å². The summed E-state index contributed by atoms with van der Waals surface area (Å²) in [6.07, 6.45) is 11.5. The molecular weight excluding hydrogens is 520 g/mol. The Bertz CT molecular complexity index is 1310. The third-order valence-corrected chi connectivity index (χ3v) is 11.5. The summed E-state index contributed by atoms with van der Waals surface area (Å²) in [5, 5.41) is 9.66. The van der Waals surface area contributed by atoms with E-state index >= 15 is 0 Å². The first-order valence-electron chi connectivity index (χ1n) is 15.5. The molecule has 2 amide bonds. The van der Waals surface area contributed by atoms with Crippen molar-refractivity contribution in [2.75, 3.05) is 26.2 Å². The van der Waals surface area contributed by atoms with Crippen LogP contribution in [-0.4, -0.2) is 76.1 Å². The Kier molecular flexibility index (Phi) is 6.56. The van der Waals surface area contributed by atoms with Gasteiger partial charge in [0.25, 0.3) is 5.56 Å². The maximum absolute atomic E-state index is 13.7. The molecular formula is C31H42N6O4. The summed E-state index contributed by atoms with van der Waals surface area (Å²) in [6, 6.07) is 4.80. The van der Waals surface area contributed by atoms with E-state index in [1.54, 1.807) is 16.8 Å². The lowest BCUT2D eigenvalue weighted by molar-refractivity contribution is -0.201. The molecule has 1 aromatic heterocycles. The minimum absolute atomic E-state index is 0.00453. The number of fused-ring (bicyclic) bond motifs is 1. The quantitative estimate of drug-likeness (QED) is 0.491. The van der Waals surface area contributed by atoms with Crippen LogP contribution in [0.15, 0.2) is 23.1 Å². The van der Waals surface area contributed by atoms with Crippen LogP contribution in [0, 0.1) is 34.5 Å². The largest absolute Gasteiger partial charge is 0.374 e. The Hall–Kier alpha value is -2.74. The highest BCUT2D eigenvalue weighted by molar-refractivity contribution is 5.92. The number of nitriles is 1. The van der Waals surface area contributed by atoms with Gasteiger partial charge in [-0.15, -0.1) is 0 Å². The van der Waals surface area contributed by atoms with E-state index in [-0.39, 0.29) is 46.2 Å². The van der Waals surface area contributed by atoms with Crippen molar-refractivity contribution in [1.29, 1.82) is 5.26 Å². The number of carbonyl (C=O) groups excluding carboxylic acids is 2. The van der Waals surface area contributed by atoms with Crippen LogP contribution >= 0.6 is 0 Å². The highest BCUT2D eigenvalue weighted by Crippen LogP contribution is 2.64. The maximum Gasteiger partial charge on any atom is 0.251 e. The van der Waals surface area contributed by atoms with Gasteiger partial charge in [-0.1, -0.05) is 0 Å². The van der Waals surface area contributed by atoms with E-state index < -0.39 is 11.9 Å². The van der Waals surface area contributed by atoms with Crippen molar-refractivity contribution in [2.24, 2.45) is 34.6 Å². The molecule has 220 valence electrons. The normalized spacial score (nSPS) is 38.4. The summed E-state index contributed by atoms with van der Waals surface area (Å²) in [4.78, 5) is 41.9. The SMILES string of the molecule is N#C[C@@H]1C[C@@H]2C[C@@H]2N1C(=O)[C@@H](N)C12CC3CC(CC(OCCN4CCC(n5ccc(C(N)=O)cc5=O)CC4)(C3)C1)C2. The van der Waals surface area contributed by atoms with Gasteiger partial charge in [0.2, 0.25) is 11.8 Å². The van der Waals surface area contributed by atoms with Gasteiger partial charge < -0.3 is 30.6 Å². The monoisotopic (exact) mass is 562 g/mol. The number of ether oxygens (including phenoxy) is 1. The lowest BCUT2D eigenvalue weighted by Crippen LogP contribution is -2.65. The maximum atomic E-state index is 13.7. The Morgan fingerprint density at radius 3 is 2.51 bits per heavy atom. The fourth-order valence-electron chi connectivity index (χ4n) is 9.85. The van der Waals surface area contributed by atoms with Gasteiger partial charge in [-0.05, 0) is 93.4 Å². The van der Waals surface area contributed by atoms with Crippen molar-refractivity contribution in [1.82, 2.24) is 14.4 Å². The average molecular weight is 563 g/mol. The number of pyridine rings is 1. The van der Waals surface area contributed by atoms with E-state index in [1.807, 2.05) is 4.90 Å². The molecule has 4 bridgehead atoms. The first-order valence-corrected chi connectivity index (χ1v) is 15.5. The number of hydrogen-bond acceptors (Lipinski definition) is 7. The predicted octanol–water partition coefficient (Wildman–Crippen LogP) is 1.78. The molecule has 3 heterocycles. The summed E-state index contributed by atoms with van der Waals surface area (Å²) >= 11 is 0. The van der Waals surface area contributed by atoms with Gasteiger partial charge >= 0.3 is 0 Å². The Morgan fingerprint density at radius 2 is 1.85 bits per heavy atom. The van der Waals surface area contributed by atoms with Crippen molar-refractivity contribution in [3.63, 3.8) is 0 Å². The molecule has 10 heteroatoms. The van der Waals surface area contributed by atoms with Gasteiger partial charge in [0.15, 0.2) is 0 Å². The summed E-state index contributed by atoms with van der Waals surface area (Å²) in [7, 11) is 0. The summed E-state index contributed by atoms with van der Waals surface area (Å²) < 4.78 is 8.52. The Morgan fingerprint density at radius 1 is 1.12 bits per heavy atom. The number of rotatable bonds is 8. The van der Waals surface area contributed by atoms with Gasteiger partial charge in [-0.3, -0.25) is 14.4 Å². The molecule has 6 atom stereocenters. The summed E-state index contributed by atoms with van der Waals surface area (Å²) in [5.74, 6) is 1.03. The zero-order valence-electron chi connectivity index (χ0n) is 23.7. The molecule has 41 heavy (non-hydrogen) atoms. The molecule has 2 aliphatic heterocycles. The Balaban J connectivity index is 0.957. The lowest BCUT2D eigenvalue weighted by Gasteiger charge is -2.63. The van der Waals surface area contributed by atoms with Crippen LogP contribution in [0.2, 0.25) is 0 Å². The third kappa shape index (κ3) is 4.70. The first-order chi connectivity index (χ1) is 19.7. The molecule has 7 aliphatic rings. The standard InChI is InChI=1S/C31H42N6O4/c32-17-24-10-22-11-25(22)37(24)29(40)27(33)30-13-19-9-20(14-30)16-31(15-19,18-30)41-8-7-35-4-2-23(3-5-35)36-6-1-21(28(34)39)12-26(36)38/h1,6,12,19-20,22-25,27H,2-5,7-11,13-16,18,33H2,(H2,34,39)/t19?,20?,22-,24+,25+,27-,30?,31?/m1/s1. The number of primary amides is 1. The molecule has 5 saturated carbocycles. The van der Waals surface area contributed by atoms with Crippen molar-refractivity contribution in [3.8, 4) is 6.07 Å². The zero-order chi connectivity index (χ0) is 28.5. The van der Waals surface area contributed by atoms with Crippen molar-refractivity contribution in [2.45, 2.75) is 94.0 Å². The lowest BCUT2D eigenvalue weighted by atomic mass is 9.46. The van der Waals surface area contributed by atoms with Gasteiger partial charge in [-0.25, -0.2) is 0 Å². The first kappa shape index (κ1) is 27.1. The van der Waals surface area contributed by atoms with Crippen LogP contribution in [0.3, 0.4) is 0 Å². The molecule has 10 nitrogen and oxygen atoms in total. The minimum Gasteiger partial charge on any atom is -0.374 e. The number of hydrogen-bond donors (Lipinski definition) is 2. The molecule has 5 aliphatic carbocycles. The molecule has 0 radical (unpaired) electrons. The van der Waals surface area contributed by atoms with Crippen molar-refractivity contribution < 1.29 is 14.3 Å². The number of aromatic nitrogens is 1. The highest BCUT2D eigenvalue weighted by atomic mass is 16.5. The second-order valence-corrected chi connectivity index (χ2v) is 14.1. The van der Waals surface area contributed by atoms with E-state index in [0.717, 1.165) is 77.4 Å². The van der Waals surface area contributed by atoms with Crippen LogP contribution in [0.25, 0.3) is 0 Å². The molecule has 0 spiro atoms. The van der Waals surface area contributed by atoms with Crippen LogP contribution in [0.1, 0.15) is 80.6 Å². The molecule has 1 aromatic rings. The fourth-order valence-corrected chi connectivity index (χ4v) is 9.85. The smallest absolute Gasteiger partial charge is 0.251 e. The fraction of sp³-hybridized carbons (Fsp3) is 0.742. The second kappa shape index (κ2) is 9.92. The number of amides is 2. The van der Waals surface area contributed by atoms with Gasteiger partial charge in [0.05, 0.1) is 24.3 Å². The van der Waals surface area contributed by atoms with Gasteiger partial charge in [0, 0.05) is 49.5 Å². The molecule has 2 unspecified atom stereocenters. The average Bonchev–Trinajstić information content (AvgIpc) is 3.61. The molecule has 0 aromatic carbocycles. The Labute approximate surface area is 241 Å². The van der Waals surface area contributed by atoms with E-state index in [4.69, 9.17) is 16.2 Å². The van der Waals surface area contributed by atoms with E-state index in [1.165, 1.54) is 12.5 Å². The molecule has 8 rings (SSSR count). The third-order valence-electron chi connectivity index (χ3n) is 11.5. The van der Waals surface area contributed by atoms with Gasteiger partial charge in [-0.2, -0.15) is 5.26 Å².